The van der Waals surface area contributed by atoms with Crippen molar-refractivity contribution in [1.29, 1.82) is 0 Å². The maximum absolute atomic E-state index is 5.32. The van der Waals surface area contributed by atoms with E-state index in [9.17, 15) is 0 Å². The molecule has 0 fully saturated rings. The minimum absolute atomic E-state index is 1.03. The van der Waals surface area contributed by atoms with E-state index in [0.29, 0.717) is 0 Å². The van der Waals surface area contributed by atoms with E-state index in [1.54, 1.807) is 7.11 Å². The SMILES string of the molecule is CCc1cc(C)cc(C)c1OC. The number of rotatable bonds is 2. The number of benzene rings is 1. The molecule has 1 heteroatoms. The van der Waals surface area contributed by atoms with Crippen LogP contribution in [0.25, 0.3) is 0 Å². The molecule has 0 saturated heterocycles. The molecule has 0 saturated carbocycles. The summed E-state index contributed by atoms with van der Waals surface area (Å²) >= 11 is 0. The van der Waals surface area contributed by atoms with Gasteiger partial charge >= 0.3 is 0 Å². The highest BCUT2D eigenvalue weighted by molar-refractivity contribution is 5.43. The number of hydrogen-bond donors (Lipinski definition) is 0. The van der Waals surface area contributed by atoms with Crippen LogP contribution in [0, 0.1) is 13.8 Å². The van der Waals surface area contributed by atoms with Gasteiger partial charge in [0.05, 0.1) is 7.11 Å². The molecule has 12 heavy (non-hydrogen) atoms. The lowest BCUT2D eigenvalue weighted by atomic mass is 10.0. The van der Waals surface area contributed by atoms with Gasteiger partial charge in [0.25, 0.3) is 0 Å². The van der Waals surface area contributed by atoms with E-state index >= 15 is 0 Å². The highest BCUT2D eigenvalue weighted by Crippen LogP contribution is 2.24. The fraction of sp³-hybridized carbons (Fsp3) is 0.455. The van der Waals surface area contributed by atoms with Crippen molar-refractivity contribution in [1.82, 2.24) is 0 Å². The quantitative estimate of drug-likeness (QED) is 0.653. The zero-order valence-electron chi connectivity index (χ0n) is 8.27. The van der Waals surface area contributed by atoms with Gasteiger partial charge in [0.2, 0.25) is 0 Å². The van der Waals surface area contributed by atoms with Gasteiger partial charge < -0.3 is 4.74 Å². The molecule has 1 aromatic carbocycles. The Bertz CT molecular complexity index is 277. The molecule has 0 aliphatic carbocycles. The van der Waals surface area contributed by atoms with E-state index < -0.39 is 0 Å². The summed E-state index contributed by atoms with van der Waals surface area (Å²) in [7, 11) is 1.73. The van der Waals surface area contributed by atoms with E-state index in [0.717, 1.165) is 12.2 Å². The molecule has 1 nitrogen and oxygen atoms in total. The topological polar surface area (TPSA) is 9.23 Å². The lowest BCUT2D eigenvalue weighted by Crippen LogP contribution is -1.94. The summed E-state index contributed by atoms with van der Waals surface area (Å²) in [5.74, 6) is 1.04. The standard InChI is InChI=1S/C11H16O/c1-5-10-7-8(2)6-9(3)11(10)12-4/h6-7H,5H2,1-4H3. The van der Waals surface area contributed by atoms with Gasteiger partial charge in [-0.15, -0.1) is 0 Å². The predicted octanol–water partition coefficient (Wildman–Crippen LogP) is 2.87. The monoisotopic (exact) mass is 164 g/mol. The van der Waals surface area contributed by atoms with Crippen molar-refractivity contribution in [2.45, 2.75) is 27.2 Å². The maximum Gasteiger partial charge on any atom is 0.124 e. The second-order valence-electron chi connectivity index (χ2n) is 3.13. The summed E-state index contributed by atoms with van der Waals surface area (Å²) in [6, 6.07) is 4.34. The van der Waals surface area contributed by atoms with Crippen LogP contribution in [0.1, 0.15) is 23.6 Å². The molecule has 0 aliphatic heterocycles. The molecule has 0 amide bonds. The van der Waals surface area contributed by atoms with E-state index in [1.807, 2.05) is 0 Å². The van der Waals surface area contributed by atoms with E-state index in [4.69, 9.17) is 4.74 Å². The number of ether oxygens (including phenoxy) is 1. The smallest absolute Gasteiger partial charge is 0.124 e. The third kappa shape index (κ3) is 1.60. The molecule has 66 valence electrons. The van der Waals surface area contributed by atoms with Crippen LogP contribution in [-0.2, 0) is 6.42 Å². The van der Waals surface area contributed by atoms with Crippen molar-refractivity contribution in [3.05, 3.63) is 28.8 Å². The Morgan fingerprint density at radius 2 is 1.92 bits per heavy atom. The Labute approximate surface area is 74.4 Å². The summed E-state index contributed by atoms with van der Waals surface area (Å²) in [6.45, 7) is 6.35. The van der Waals surface area contributed by atoms with Crippen LogP contribution in [0.15, 0.2) is 12.1 Å². The molecular formula is C11H16O. The second kappa shape index (κ2) is 3.61. The third-order valence-electron chi connectivity index (χ3n) is 2.08. The molecule has 0 atom stereocenters. The van der Waals surface area contributed by atoms with Gasteiger partial charge in [-0.3, -0.25) is 0 Å². The fourth-order valence-electron chi connectivity index (χ4n) is 1.60. The normalized spacial score (nSPS) is 10.0. The Morgan fingerprint density at radius 1 is 1.25 bits per heavy atom. The molecule has 0 heterocycles. The molecule has 0 unspecified atom stereocenters. The summed E-state index contributed by atoms with van der Waals surface area (Å²) in [6.07, 6.45) is 1.03. The van der Waals surface area contributed by atoms with Crippen molar-refractivity contribution in [3.63, 3.8) is 0 Å². The molecule has 0 bridgehead atoms. The van der Waals surface area contributed by atoms with Crippen molar-refractivity contribution in [2.24, 2.45) is 0 Å². The zero-order valence-corrected chi connectivity index (χ0v) is 8.27. The average Bonchev–Trinajstić information content (AvgIpc) is 2.03. The Hall–Kier alpha value is -0.980. The van der Waals surface area contributed by atoms with E-state index in [-0.39, 0.29) is 0 Å². The highest BCUT2D eigenvalue weighted by atomic mass is 16.5. The zero-order chi connectivity index (χ0) is 9.14. The van der Waals surface area contributed by atoms with Crippen molar-refractivity contribution >= 4 is 0 Å². The van der Waals surface area contributed by atoms with Gasteiger partial charge in [-0.1, -0.05) is 24.6 Å². The molecule has 0 aromatic heterocycles. The van der Waals surface area contributed by atoms with Crippen molar-refractivity contribution in [3.8, 4) is 5.75 Å². The molecule has 0 spiro atoms. The van der Waals surface area contributed by atoms with Crippen LogP contribution in [-0.4, -0.2) is 7.11 Å². The number of aryl methyl sites for hydroxylation is 3. The van der Waals surface area contributed by atoms with Crippen LogP contribution < -0.4 is 4.74 Å². The van der Waals surface area contributed by atoms with Gasteiger partial charge in [0.1, 0.15) is 5.75 Å². The number of methoxy groups -OCH3 is 1. The summed E-state index contributed by atoms with van der Waals surface area (Å²) < 4.78 is 5.32. The number of hydrogen-bond acceptors (Lipinski definition) is 1. The first-order chi connectivity index (χ1) is 5.69. The summed E-state index contributed by atoms with van der Waals surface area (Å²) in [5.41, 5.74) is 3.84. The van der Waals surface area contributed by atoms with E-state index in [2.05, 4.69) is 32.9 Å². The molecule has 1 aromatic rings. The summed E-state index contributed by atoms with van der Waals surface area (Å²) in [5, 5.41) is 0. The fourth-order valence-corrected chi connectivity index (χ4v) is 1.60. The van der Waals surface area contributed by atoms with Crippen LogP contribution >= 0.6 is 0 Å². The van der Waals surface area contributed by atoms with Crippen molar-refractivity contribution in [2.75, 3.05) is 7.11 Å². The van der Waals surface area contributed by atoms with E-state index in [1.165, 1.54) is 16.7 Å². The Kier molecular flexibility index (Phi) is 2.74. The Morgan fingerprint density at radius 3 is 2.42 bits per heavy atom. The van der Waals surface area contributed by atoms with Gasteiger partial charge in [0, 0.05) is 0 Å². The lowest BCUT2D eigenvalue weighted by Gasteiger charge is -2.10. The minimum Gasteiger partial charge on any atom is -0.496 e. The predicted molar refractivity (Wildman–Crippen MR) is 51.8 cm³/mol. The average molecular weight is 164 g/mol. The van der Waals surface area contributed by atoms with Crippen LogP contribution in [0.5, 0.6) is 5.75 Å². The molecular weight excluding hydrogens is 148 g/mol. The van der Waals surface area contributed by atoms with Gasteiger partial charge in [-0.2, -0.15) is 0 Å². The highest BCUT2D eigenvalue weighted by Gasteiger charge is 2.04. The molecule has 0 N–H and O–H groups in total. The van der Waals surface area contributed by atoms with Crippen LogP contribution in [0.3, 0.4) is 0 Å². The first-order valence-electron chi connectivity index (χ1n) is 4.33. The first-order valence-corrected chi connectivity index (χ1v) is 4.33. The molecule has 1 rings (SSSR count). The largest absolute Gasteiger partial charge is 0.496 e. The van der Waals surface area contributed by atoms with Gasteiger partial charge in [-0.05, 0) is 31.4 Å². The van der Waals surface area contributed by atoms with Gasteiger partial charge in [0.15, 0.2) is 0 Å². The Balaban J connectivity index is 3.24. The lowest BCUT2D eigenvalue weighted by molar-refractivity contribution is 0.407. The molecule has 0 radical (unpaired) electrons. The van der Waals surface area contributed by atoms with Gasteiger partial charge in [-0.25, -0.2) is 0 Å². The molecule has 0 aliphatic rings. The van der Waals surface area contributed by atoms with Crippen LogP contribution in [0.2, 0.25) is 0 Å². The van der Waals surface area contributed by atoms with Crippen LogP contribution in [0.4, 0.5) is 0 Å². The summed E-state index contributed by atoms with van der Waals surface area (Å²) in [4.78, 5) is 0. The first kappa shape index (κ1) is 9.11. The third-order valence-corrected chi connectivity index (χ3v) is 2.08. The maximum atomic E-state index is 5.32. The minimum atomic E-state index is 1.03. The van der Waals surface area contributed by atoms with Crippen molar-refractivity contribution < 1.29 is 4.74 Å². The second-order valence-corrected chi connectivity index (χ2v) is 3.13.